The normalized spacial score (nSPS) is 13.9. The van der Waals surface area contributed by atoms with Gasteiger partial charge in [-0.05, 0) is 75.2 Å². The second kappa shape index (κ2) is 15.6. The van der Waals surface area contributed by atoms with E-state index in [0.29, 0.717) is 35.6 Å². The maximum Gasteiger partial charge on any atom is 3.00 e. The average Bonchev–Trinajstić information content (AvgIpc) is 2.80. The Morgan fingerprint density at radius 1 is 0.675 bits per heavy atom. The third-order valence-electron chi connectivity index (χ3n) is 4.86. The quantitative estimate of drug-likeness (QED) is 0.0953. The first-order valence-corrected chi connectivity index (χ1v) is 13.8. The van der Waals surface area contributed by atoms with Crippen molar-refractivity contribution < 1.29 is 61.2 Å². The zero-order valence-corrected chi connectivity index (χ0v) is 23.8. The van der Waals surface area contributed by atoms with Gasteiger partial charge in [0.25, 0.3) is 0 Å². The summed E-state index contributed by atoms with van der Waals surface area (Å²) in [6.07, 6.45) is 1.63. The fourth-order valence-electron chi connectivity index (χ4n) is 3.07. The van der Waals surface area contributed by atoms with Gasteiger partial charge in [0.15, 0.2) is 0 Å². The van der Waals surface area contributed by atoms with Crippen LogP contribution in [0.5, 0.6) is 11.5 Å². The average molecular weight is 644 g/mol. The van der Waals surface area contributed by atoms with Crippen LogP contribution in [0.1, 0.15) is 37.8 Å². The maximum absolute atomic E-state index is 13.3. The summed E-state index contributed by atoms with van der Waals surface area (Å²) in [6, 6.07) is 7.20. The van der Waals surface area contributed by atoms with E-state index in [9.17, 15) is 44.2 Å². The number of aliphatic imine (C=N–C) groups is 2. The van der Waals surface area contributed by atoms with Gasteiger partial charge in [-0.2, -0.15) is 0 Å². The fourth-order valence-corrected chi connectivity index (χ4v) is 3.07. The summed E-state index contributed by atoms with van der Waals surface area (Å²) < 4.78 is 85.7. The van der Waals surface area contributed by atoms with Crippen molar-refractivity contribution in [3.63, 3.8) is 0 Å². The first kappa shape index (κ1) is 37.7. The van der Waals surface area contributed by atoms with E-state index in [1.54, 1.807) is 13.8 Å². The molecule has 0 amide bonds. The van der Waals surface area contributed by atoms with Crippen LogP contribution in [0, 0.1) is 11.6 Å². The molecule has 0 aromatic heterocycles. The molecule has 0 heterocycles. The van der Waals surface area contributed by atoms with Gasteiger partial charge in [-0.25, -0.2) is 8.78 Å². The standard InChI is InChI=1S/C24H32F2N4O2.F6P.Mn/c1-17(21-15-19(25)5-7-23(21)31)29-11-3-9-27-13-14-28-10-4-12-30-18(2)22-16-20(26)6-8-24(22)32;1-7(2,3,4,5)6;/h5-8,15-16,27-28,31-32H,3-4,9-14H2,1-2H3;;/q;-1;+3/p-2. The molecule has 0 aliphatic rings. The Balaban J connectivity index is 0.00000168. The first-order valence-electron chi connectivity index (χ1n) is 11.8. The largest absolute Gasteiger partial charge is 3.00 e. The van der Waals surface area contributed by atoms with Crippen molar-refractivity contribution in [2.75, 3.05) is 39.3 Å². The summed E-state index contributed by atoms with van der Waals surface area (Å²) in [5, 5.41) is 30.1. The van der Waals surface area contributed by atoms with Gasteiger partial charge in [0, 0.05) is 37.6 Å². The van der Waals surface area contributed by atoms with Crippen LogP contribution in [0.25, 0.3) is 0 Å². The molecular weight excluding hydrogens is 614 g/mol. The molecule has 0 aliphatic heterocycles. The molecule has 2 N–H and O–H groups in total. The maximum atomic E-state index is 13.3. The van der Waals surface area contributed by atoms with E-state index >= 15 is 0 Å². The van der Waals surface area contributed by atoms with Gasteiger partial charge in [-0.15, -0.1) is 0 Å². The molecule has 226 valence electrons. The molecule has 0 fully saturated rings. The van der Waals surface area contributed by atoms with Crippen molar-refractivity contribution in [2.24, 2.45) is 9.98 Å². The summed E-state index contributed by atoms with van der Waals surface area (Å²) >= 11 is 0. The number of nitrogens with one attached hydrogen (secondary N) is 2. The second-order valence-corrected chi connectivity index (χ2v) is 10.3. The van der Waals surface area contributed by atoms with E-state index in [1.165, 1.54) is 24.3 Å². The molecule has 40 heavy (non-hydrogen) atoms. The van der Waals surface area contributed by atoms with Crippen LogP contribution in [0.15, 0.2) is 46.4 Å². The Labute approximate surface area is 237 Å². The zero-order valence-electron chi connectivity index (χ0n) is 21.7. The minimum atomic E-state index is -10.7. The minimum Gasteiger partial charge on any atom is 3.00 e. The Morgan fingerprint density at radius 3 is 1.32 bits per heavy atom. The van der Waals surface area contributed by atoms with Gasteiger partial charge >= 0.3 is 50.1 Å². The van der Waals surface area contributed by atoms with Crippen molar-refractivity contribution >= 4 is 19.2 Å². The van der Waals surface area contributed by atoms with Crippen molar-refractivity contribution in [3.05, 3.63) is 59.2 Å². The van der Waals surface area contributed by atoms with Crippen molar-refractivity contribution in [1.82, 2.24) is 10.6 Å². The number of hydrogen-bond acceptors (Lipinski definition) is 6. The van der Waals surface area contributed by atoms with E-state index in [0.717, 1.165) is 51.2 Å². The minimum absolute atomic E-state index is 0. The van der Waals surface area contributed by atoms with Gasteiger partial charge in [-0.1, -0.05) is 23.6 Å². The molecule has 2 aromatic rings. The topological polar surface area (TPSA) is 94.9 Å². The number of hydrogen-bond donors (Lipinski definition) is 2. The molecule has 0 aliphatic carbocycles. The number of halogens is 8. The van der Waals surface area contributed by atoms with Gasteiger partial charge < -0.3 is 20.8 Å². The molecule has 0 saturated carbocycles. The number of rotatable bonds is 13. The van der Waals surface area contributed by atoms with Crippen LogP contribution in [0.4, 0.5) is 34.0 Å². The monoisotopic (exact) mass is 644 g/mol. The van der Waals surface area contributed by atoms with Gasteiger partial charge in [0.05, 0.1) is 0 Å². The third kappa shape index (κ3) is 19.7. The molecule has 16 heteroatoms. The second-order valence-electron chi connectivity index (χ2n) is 8.38. The predicted octanol–water partition coefficient (Wildman–Crippen LogP) is 5.77. The molecule has 0 saturated heterocycles. The fraction of sp³-hybridized carbons (Fsp3) is 0.417. The molecular formula is C24H30F8MnN4O2P. The Morgan fingerprint density at radius 2 is 1.00 bits per heavy atom. The first-order chi connectivity index (χ1) is 17.8. The van der Waals surface area contributed by atoms with Crippen LogP contribution in [-0.2, 0) is 17.1 Å². The molecule has 0 radical (unpaired) electrons. The van der Waals surface area contributed by atoms with Crippen LogP contribution >= 0.6 is 7.81 Å². The van der Waals surface area contributed by atoms with Crippen molar-refractivity contribution in [1.29, 1.82) is 0 Å². The Hall–Kier alpha value is -2.31. The molecule has 6 nitrogen and oxygen atoms in total. The van der Waals surface area contributed by atoms with E-state index in [-0.39, 0.29) is 28.6 Å². The molecule has 0 bridgehead atoms. The third-order valence-corrected chi connectivity index (χ3v) is 4.86. The van der Waals surface area contributed by atoms with E-state index in [1.807, 2.05) is 0 Å². The van der Waals surface area contributed by atoms with Crippen LogP contribution in [0.2, 0.25) is 0 Å². The summed E-state index contributed by atoms with van der Waals surface area (Å²) in [7, 11) is -10.7. The van der Waals surface area contributed by atoms with E-state index in [2.05, 4.69) is 20.6 Å². The smallest absolute Gasteiger partial charge is 3.00 e. The van der Waals surface area contributed by atoms with Gasteiger partial charge in [0.1, 0.15) is 11.6 Å². The summed E-state index contributed by atoms with van der Waals surface area (Å²) in [5.74, 6) is -1.31. The number of benzene rings is 2. The summed E-state index contributed by atoms with van der Waals surface area (Å²) in [5.41, 5.74) is 1.73. The van der Waals surface area contributed by atoms with Gasteiger partial charge in [-0.3, -0.25) is 9.98 Å². The van der Waals surface area contributed by atoms with Gasteiger partial charge in [0.2, 0.25) is 0 Å². The molecule has 0 atom stereocenters. The van der Waals surface area contributed by atoms with Crippen LogP contribution in [0.3, 0.4) is 0 Å². The van der Waals surface area contributed by atoms with Crippen LogP contribution in [-0.4, -0.2) is 50.7 Å². The Kier molecular flexibility index (Phi) is 14.7. The SMILES string of the molecule is CC(=NCCCNCCNCCCN=C(C)c1cc(F)ccc1[O-])c1cc(F)ccc1[O-].F[P-](F)(F)(F)(F)F.[Mn+3]. The predicted molar refractivity (Wildman–Crippen MR) is 134 cm³/mol. The number of nitrogens with zero attached hydrogens (tertiary/aromatic N) is 2. The summed E-state index contributed by atoms with van der Waals surface area (Å²) in [4.78, 5) is 8.70. The zero-order chi connectivity index (χ0) is 29.8. The summed E-state index contributed by atoms with van der Waals surface area (Å²) in [6.45, 7) is 7.77. The Bertz CT molecular complexity index is 1060. The molecule has 0 unspecified atom stereocenters. The van der Waals surface area contributed by atoms with Crippen LogP contribution < -0.4 is 20.8 Å². The van der Waals surface area contributed by atoms with E-state index < -0.39 is 19.4 Å². The van der Waals surface area contributed by atoms with Crippen molar-refractivity contribution in [2.45, 2.75) is 26.7 Å². The molecule has 0 spiro atoms. The molecule has 2 rings (SSSR count). The molecule has 2 aromatic carbocycles. The van der Waals surface area contributed by atoms with Crippen molar-refractivity contribution in [3.8, 4) is 11.5 Å². The van der Waals surface area contributed by atoms with E-state index in [4.69, 9.17) is 0 Å².